The number of benzene rings is 2. The second-order valence-electron chi connectivity index (χ2n) is 6.39. The molecule has 0 saturated heterocycles. The van der Waals surface area contributed by atoms with E-state index in [1.807, 2.05) is 62.6 Å². The Labute approximate surface area is 159 Å². The Balaban J connectivity index is 1.61. The number of likely N-dealkylation sites (N-methyl/N-ethyl adjacent to an activating group) is 1. The summed E-state index contributed by atoms with van der Waals surface area (Å²) < 4.78 is 0. The van der Waals surface area contributed by atoms with Crippen LogP contribution in [0.1, 0.15) is 22.1 Å². The molecule has 1 aromatic heterocycles. The SMILES string of the molecule is CN(C)C(CNc1ccc(C(=O)Nc2ccccc2)nn1)c1ccccc1. The molecule has 0 aliphatic heterocycles. The van der Waals surface area contributed by atoms with Gasteiger partial charge in [-0.15, -0.1) is 10.2 Å². The number of hydrogen-bond acceptors (Lipinski definition) is 5. The van der Waals surface area contributed by atoms with Crippen LogP contribution < -0.4 is 10.6 Å². The molecular weight excluding hydrogens is 338 g/mol. The van der Waals surface area contributed by atoms with E-state index in [1.165, 1.54) is 5.56 Å². The van der Waals surface area contributed by atoms with Crippen molar-refractivity contribution in [1.82, 2.24) is 15.1 Å². The largest absolute Gasteiger partial charge is 0.367 e. The monoisotopic (exact) mass is 361 g/mol. The summed E-state index contributed by atoms with van der Waals surface area (Å²) in [7, 11) is 4.09. The molecule has 0 bridgehead atoms. The molecule has 0 aliphatic carbocycles. The van der Waals surface area contributed by atoms with Crippen molar-refractivity contribution in [2.75, 3.05) is 31.3 Å². The second-order valence-corrected chi connectivity index (χ2v) is 6.39. The molecule has 2 N–H and O–H groups in total. The third-order valence-corrected chi connectivity index (χ3v) is 4.21. The van der Waals surface area contributed by atoms with Crippen LogP contribution in [0, 0.1) is 0 Å². The zero-order chi connectivity index (χ0) is 19.1. The molecule has 27 heavy (non-hydrogen) atoms. The van der Waals surface area contributed by atoms with Gasteiger partial charge in [-0.05, 0) is 43.9 Å². The van der Waals surface area contributed by atoms with E-state index in [1.54, 1.807) is 12.1 Å². The van der Waals surface area contributed by atoms with Crippen molar-refractivity contribution in [3.63, 3.8) is 0 Å². The molecule has 1 heterocycles. The Kier molecular flexibility index (Phi) is 6.12. The molecule has 1 atom stereocenters. The number of amides is 1. The Morgan fingerprint density at radius 3 is 2.19 bits per heavy atom. The maximum absolute atomic E-state index is 12.2. The molecule has 0 radical (unpaired) electrons. The van der Waals surface area contributed by atoms with E-state index in [-0.39, 0.29) is 17.6 Å². The number of anilines is 2. The second kappa shape index (κ2) is 8.91. The summed E-state index contributed by atoms with van der Waals surface area (Å²) >= 11 is 0. The molecule has 3 aromatic rings. The Hall–Kier alpha value is -3.25. The number of carbonyl (C=O) groups excluding carboxylic acids is 1. The number of nitrogens with one attached hydrogen (secondary N) is 2. The molecule has 6 nitrogen and oxygen atoms in total. The van der Waals surface area contributed by atoms with Gasteiger partial charge in [0.15, 0.2) is 5.69 Å². The van der Waals surface area contributed by atoms with E-state index in [9.17, 15) is 4.79 Å². The highest BCUT2D eigenvalue weighted by Gasteiger charge is 2.14. The van der Waals surface area contributed by atoms with Gasteiger partial charge in [0.05, 0.1) is 6.04 Å². The van der Waals surface area contributed by atoms with Gasteiger partial charge in [-0.25, -0.2) is 0 Å². The molecule has 0 saturated carbocycles. The fraction of sp³-hybridized carbons (Fsp3) is 0.190. The van der Waals surface area contributed by atoms with Crippen LogP contribution in [-0.4, -0.2) is 41.6 Å². The highest BCUT2D eigenvalue weighted by atomic mass is 16.1. The summed E-state index contributed by atoms with van der Waals surface area (Å²) in [5.74, 6) is 0.352. The summed E-state index contributed by atoms with van der Waals surface area (Å²) in [5, 5.41) is 14.2. The predicted molar refractivity (Wildman–Crippen MR) is 108 cm³/mol. The summed E-state index contributed by atoms with van der Waals surface area (Å²) in [6.45, 7) is 0.682. The standard InChI is InChI=1S/C21H23N5O/c1-26(2)19(16-9-5-3-6-10-16)15-22-20-14-13-18(24-25-20)21(27)23-17-11-7-4-8-12-17/h3-14,19H,15H2,1-2H3,(H,22,25)(H,23,27). The minimum Gasteiger partial charge on any atom is -0.367 e. The van der Waals surface area contributed by atoms with Crippen LogP contribution in [0.2, 0.25) is 0 Å². The Bertz CT molecular complexity index is 851. The normalized spacial score (nSPS) is 11.8. The van der Waals surface area contributed by atoms with Crippen molar-refractivity contribution in [2.24, 2.45) is 0 Å². The maximum atomic E-state index is 12.2. The van der Waals surface area contributed by atoms with Crippen molar-refractivity contribution >= 4 is 17.4 Å². The molecule has 0 aliphatic rings. The lowest BCUT2D eigenvalue weighted by Gasteiger charge is -2.25. The average Bonchev–Trinajstić information content (AvgIpc) is 2.70. The molecule has 1 unspecified atom stereocenters. The summed E-state index contributed by atoms with van der Waals surface area (Å²) in [6.07, 6.45) is 0. The van der Waals surface area contributed by atoms with Gasteiger partial charge in [-0.1, -0.05) is 48.5 Å². The van der Waals surface area contributed by atoms with Gasteiger partial charge in [0.1, 0.15) is 5.82 Å². The molecule has 138 valence electrons. The lowest BCUT2D eigenvalue weighted by molar-refractivity contribution is 0.102. The van der Waals surface area contributed by atoms with Crippen LogP contribution in [0.15, 0.2) is 72.8 Å². The predicted octanol–water partition coefficient (Wildman–Crippen LogP) is 3.44. The molecule has 2 aromatic carbocycles. The molecule has 6 heteroatoms. The summed E-state index contributed by atoms with van der Waals surface area (Å²) in [5.41, 5.74) is 2.22. The van der Waals surface area contributed by atoms with Gasteiger partial charge < -0.3 is 15.5 Å². The molecule has 0 fully saturated rings. The van der Waals surface area contributed by atoms with Crippen LogP contribution in [-0.2, 0) is 0 Å². The van der Waals surface area contributed by atoms with Crippen molar-refractivity contribution in [3.8, 4) is 0 Å². The summed E-state index contributed by atoms with van der Waals surface area (Å²) in [6, 6.07) is 23.2. The number of hydrogen-bond donors (Lipinski definition) is 2. The first kappa shape index (κ1) is 18.5. The van der Waals surface area contributed by atoms with Crippen LogP contribution in [0.5, 0.6) is 0 Å². The van der Waals surface area contributed by atoms with Gasteiger partial charge in [-0.2, -0.15) is 0 Å². The summed E-state index contributed by atoms with van der Waals surface area (Å²) in [4.78, 5) is 14.4. The minimum absolute atomic E-state index is 0.203. The molecule has 3 rings (SSSR count). The smallest absolute Gasteiger partial charge is 0.276 e. The fourth-order valence-electron chi connectivity index (χ4n) is 2.74. The van der Waals surface area contributed by atoms with Crippen LogP contribution in [0.3, 0.4) is 0 Å². The van der Waals surface area contributed by atoms with Crippen LogP contribution in [0.25, 0.3) is 0 Å². The van der Waals surface area contributed by atoms with E-state index in [2.05, 4.69) is 37.9 Å². The van der Waals surface area contributed by atoms with Crippen molar-refractivity contribution in [1.29, 1.82) is 0 Å². The topological polar surface area (TPSA) is 70.2 Å². The molecule has 1 amide bonds. The lowest BCUT2D eigenvalue weighted by Crippen LogP contribution is -2.27. The van der Waals surface area contributed by atoms with Crippen molar-refractivity contribution in [2.45, 2.75) is 6.04 Å². The third-order valence-electron chi connectivity index (χ3n) is 4.21. The third kappa shape index (κ3) is 5.12. The highest BCUT2D eigenvalue weighted by Crippen LogP contribution is 2.18. The van der Waals surface area contributed by atoms with Crippen molar-refractivity contribution < 1.29 is 4.79 Å². The first-order valence-corrected chi connectivity index (χ1v) is 8.79. The van der Waals surface area contributed by atoms with Gasteiger partial charge >= 0.3 is 0 Å². The Morgan fingerprint density at radius 1 is 0.926 bits per heavy atom. The van der Waals surface area contributed by atoms with E-state index < -0.39 is 0 Å². The lowest BCUT2D eigenvalue weighted by atomic mass is 10.1. The zero-order valence-electron chi connectivity index (χ0n) is 15.5. The number of carbonyl (C=O) groups is 1. The van der Waals surface area contributed by atoms with Crippen LogP contribution >= 0.6 is 0 Å². The zero-order valence-corrected chi connectivity index (χ0v) is 15.5. The van der Waals surface area contributed by atoms with E-state index in [0.29, 0.717) is 12.4 Å². The fourth-order valence-corrected chi connectivity index (χ4v) is 2.74. The average molecular weight is 361 g/mol. The number of aromatic nitrogens is 2. The quantitative estimate of drug-likeness (QED) is 0.675. The van der Waals surface area contributed by atoms with Gasteiger partial charge in [-0.3, -0.25) is 4.79 Å². The minimum atomic E-state index is -0.282. The maximum Gasteiger partial charge on any atom is 0.276 e. The first-order valence-electron chi connectivity index (χ1n) is 8.79. The van der Waals surface area contributed by atoms with E-state index in [4.69, 9.17) is 0 Å². The van der Waals surface area contributed by atoms with Crippen LogP contribution in [0.4, 0.5) is 11.5 Å². The molecular formula is C21H23N5O. The van der Waals surface area contributed by atoms with Crippen molar-refractivity contribution in [3.05, 3.63) is 84.1 Å². The first-order chi connectivity index (χ1) is 13.1. The van der Waals surface area contributed by atoms with Gasteiger partial charge in [0, 0.05) is 12.2 Å². The number of nitrogens with zero attached hydrogens (tertiary/aromatic N) is 3. The Morgan fingerprint density at radius 2 is 1.59 bits per heavy atom. The highest BCUT2D eigenvalue weighted by molar-refractivity contribution is 6.02. The van der Waals surface area contributed by atoms with E-state index in [0.717, 1.165) is 5.69 Å². The number of rotatable bonds is 7. The van der Waals surface area contributed by atoms with E-state index >= 15 is 0 Å². The van der Waals surface area contributed by atoms with Gasteiger partial charge in [0.2, 0.25) is 0 Å². The number of para-hydroxylation sites is 1. The van der Waals surface area contributed by atoms with Gasteiger partial charge in [0.25, 0.3) is 5.91 Å². The molecule has 0 spiro atoms.